The van der Waals surface area contributed by atoms with Crippen LogP contribution in [0.4, 0.5) is 0 Å². The Morgan fingerprint density at radius 1 is 1.36 bits per heavy atom. The number of hydrogen-bond acceptors (Lipinski definition) is 3. The molecule has 3 nitrogen and oxygen atoms in total. The summed E-state index contributed by atoms with van der Waals surface area (Å²) in [4.78, 5) is 2.42. The molecule has 0 amide bonds. The van der Waals surface area contributed by atoms with Crippen LogP contribution in [0.25, 0.3) is 0 Å². The molecule has 0 heterocycles. The zero-order valence-electron chi connectivity index (χ0n) is 9.59. The van der Waals surface area contributed by atoms with Gasteiger partial charge in [-0.05, 0) is 32.7 Å². The number of nitrogens with zero attached hydrogens (tertiary/aromatic N) is 1. The highest BCUT2D eigenvalue weighted by Crippen LogP contribution is 2.29. The lowest BCUT2D eigenvalue weighted by Crippen LogP contribution is -2.32. The summed E-state index contributed by atoms with van der Waals surface area (Å²) < 4.78 is 5.24. The van der Waals surface area contributed by atoms with Crippen LogP contribution in [0.5, 0.6) is 0 Å². The van der Waals surface area contributed by atoms with Crippen molar-refractivity contribution in [1.29, 1.82) is 0 Å². The summed E-state index contributed by atoms with van der Waals surface area (Å²) >= 11 is 0. The van der Waals surface area contributed by atoms with Gasteiger partial charge >= 0.3 is 0 Å². The van der Waals surface area contributed by atoms with Crippen LogP contribution in [-0.2, 0) is 4.74 Å². The Kier molecular flexibility index (Phi) is 6.15. The predicted octanol–water partition coefficient (Wildman–Crippen LogP) is 0.954. The average molecular weight is 200 g/mol. The lowest BCUT2D eigenvalue weighted by molar-refractivity contribution is 0.148. The van der Waals surface area contributed by atoms with E-state index in [-0.39, 0.29) is 0 Å². The van der Waals surface area contributed by atoms with E-state index in [1.54, 1.807) is 0 Å². The minimum atomic E-state index is 0.823. The quantitative estimate of drug-likeness (QED) is 0.561. The van der Waals surface area contributed by atoms with Crippen molar-refractivity contribution in [3.8, 4) is 0 Å². The van der Waals surface area contributed by atoms with Gasteiger partial charge in [-0.25, -0.2) is 0 Å². The molecule has 0 aromatic heterocycles. The zero-order valence-corrected chi connectivity index (χ0v) is 9.59. The third-order valence-corrected chi connectivity index (χ3v) is 2.56. The van der Waals surface area contributed by atoms with E-state index in [0.717, 1.165) is 38.8 Å². The molecule has 1 aliphatic rings. The Labute approximate surface area is 87.8 Å². The zero-order chi connectivity index (χ0) is 10.2. The number of nitrogens with one attached hydrogen (secondary N) is 1. The maximum absolute atomic E-state index is 5.24. The molecule has 0 radical (unpaired) electrons. The topological polar surface area (TPSA) is 24.5 Å². The molecule has 0 aromatic carbocycles. The maximum atomic E-state index is 5.24. The van der Waals surface area contributed by atoms with Crippen molar-refractivity contribution in [2.24, 2.45) is 5.92 Å². The molecule has 14 heavy (non-hydrogen) atoms. The maximum Gasteiger partial charge on any atom is 0.0590 e. The monoisotopic (exact) mass is 200 g/mol. The van der Waals surface area contributed by atoms with Gasteiger partial charge in [-0.15, -0.1) is 0 Å². The highest BCUT2D eigenvalue weighted by atomic mass is 16.5. The van der Waals surface area contributed by atoms with E-state index < -0.39 is 0 Å². The summed E-state index contributed by atoms with van der Waals surface area (Å²) in [7, 11) is 2.21. The van der Waals surface area contributed by atoms with Crippen LogP contribution >= 0.6 is 0 Å². The van der Waals surface area contributed by atoms with E-state index in [1.165, 1.54) is 19.4 Å². The van der Waals surface area contributed by atoms with Gasteiger partial charge in [-0.3, -0.25) is 0 Å². The second kappa shape index (κ2) is 7.21. The Morgan fingerprint density at radius 2 is 2.14 bits per heavy atom. The SMILES string of the molecule is CCOCCNCCN(C)CC1CC1. The van der Waals surface area contributed by atoms with Crippen LogP contribution in [-0.4, -0.2) is 51.3 Å². The molecule has 0 spiro atoms. The summed E-state index contributed by atoms with van der Waals surface area (Å²) in [6.07, 6.45) is 2.89. The molecule has 0 aliphatic heterocycles. The van der Waals surface area contributed by atoms with Crippen LogP contribution in [0, 0.1) is 5.92 Å². The molecule has 1 rings (SSSR count). The molecule has 0 atom stereocenters. The van der Waals surface area contributed by atoms with Gasteiger partial charge in [0, 0.05) is 32.8 Å². The minimum Gasteiger partial charge on any atom is -0.380 e. The number of hydrogen-bond donors (Lipinski definition) is 1. The Bertz CT molecular complexity index is 137. The van der Waals surface area contributed by atoms with Crippen LogP contribution in [0.2, 0.25) is 0 Å². The standard InChI is InChI=1S/C11H24N2O/c1-3-14-9-7-12-6-8-13(2)10-11-4-5-11/h11-12H,3-10H2,1-2H3. The highest BCUT2D eigenvalue weighted by molar-refractivity contribution is 4.76. The van der Waals surface area contributed by atoms with Gasteiger partial charge in [0.2, 0.25) is 0 Å². The molecule has 1 aliphatic carbocycles. The molecule has 1 fully saturated rings. The molecular formula is C11H24N2O. The molecule has 84 valence electrons. The molecule has 3 heteroatoms. The Morgan fingerprint density at radius 3 is 2.79 bits per heavy atom. The van der Waals surface area contributed by atoms with E-state index in [1.807, 2.05) is 6.92 Å². The fraction of sp³-hybridized carbons (Fsp3) is 1.00. The van der Waals surface area contributed by atoms with Gasteiger partial charge in [0.1, 0.15) is 0 Å². The molecule has 1 saturated carbocycles. The van der Waals surface area contributed by atoms with Crippen molar-refractivity contribution in [3.05, 3.63) is 0 Å². The fourth-order valence-electron chi connectivity index (χ4n) is 1.52. The van der Waals surface area contributed by atoms with E-state index >= 15 is 0 Å². The first kappa shape index (κ1) is 12.0. The van der Waals surface area contributed by atoms with Crippen LogP contribution in [0.3, 0.4) is 0 Å². The number of ether oxygens (including phenoxy) is 1. The van der Waals surface area contributed by atoms with Crippen LogP contribution < -0.4 is 5.32 Å². The van der Waals surface area contributed by atoms with E-state index in [4.69, 9.17) is 4.74 Å². The molecule has 0 aromatic rings. The first-order valence-electron chi connectivity index (χ1n) is 5.80. The first-order chi connectivity index (χ1) is 6.83. The number of rotatable bonds is 9. The van der Waals surface area contributed by atoms with Crippen LogP contribution in [0.1, 0.15) is 19.8 Å². The van der Waals surface area contributed by atoms with Gasteiger partial charge in [0.25, 0.3) is 0 Å². The third kappa shape index (κ3) is 6.35. The summed E-state index contributed by atoms with van der Waals surface area (Å²) in [5.41, 5.74) is 0. The Balaban J connectivity index is 1.77. The van der Waals surface area contributed by atoms with Crippen molar-refractivity contribution in [2.75, 3.05) is 46.4 Å². The van der Waals surface area contributed by atoms with Crippen molar-refractivity contribution in [1.82, 2.24) is 10.2 Å². The van der Waals surface area contributed by atoms with Gasteiger partial charge in [0.05, 0.1) is 6.61 Å². The lowest BCUT2D eigenvalue weighted by atomic mass is 10.4. The van der Waals surface area contributed by atoms with Gasteiger partial charge in [-0.1, -0.05) is 0 Å². The summed E-state index contributed by atoms with van der Waals surface area (Å²) in [6, 6.07) is 0. The second-order valence-electron chi connectivity index (χ2n) is 4.15. The first-order valence-corrected chi connectivity index (χ1v) is 5.80. The van der Waals surface area contributed by atoms with Crippen molar-refractivity contribution >= 4 is 0 Å². The molecule has 0 saturated heterocycles. The van der Waals surface area contributed by atoms with Crippen molar-refractivity contribution in [3.63, 3.8) is 0 Å². The van der Waals surface area contributed by atoms with Gasteiger partial charge in [-0.2, -0.15) is 0 Å². The van der Waals surface area contributed by atoms with E-state index in [0.29, 0.717) is 0 Å². The average Bonchev–Trinajstić information content (AvgIpc) is 2.95. The summed E-state index contributed by atoms with van der Waals surface area (Å²) in [6.45, 7) is 8.19. The number of likely N-dealkylation sites (N-methyl/N-ethyl adjacent to an activating group) is 1. The minimum absolute atomic E-state index is 0.823. The van der Waals surface area contributed by atoms with Gasteiger partial charge < -0.3 is 15.0 Å². The molecule has 0 bridgehead atoms. The second-order valence-corrected chi connectivity index (χ2v) is 4.15. The van der Waals surface area contributed by atoms with Crippen molar-refractivity contribution in [2.45, 2.75) is 19.8 Å². The Hall–Kier alpha value is -0.120. The van der Waals surface area contributed by atoms with Crippen molar-refractivity contribution < 1.29 is 4.74 Å². The highest BCUT2D eigenvalue weighted by Gasteiger charge is 2.22. The molecule has 0 unspecified atom stereocenters. The molecular weight excluding hydrogens is 176 g/mol. The van der Waals surface area contributed by atoms with E-state index in [9.17, 15) is 0 Å². The fourth-order valence-corrected chi connectivity index (χ4v) is 1.52. The van der Waals surface area contributed by atoms with E-state index in [2.05, 4.69) is 17.3 Å². The largest absolute Gasteiger partial charge is 0.380 e. The van der Waals surface area contributed by atoms with Crippen LogP contribution in [0.15, 0.2) is 0 Å². The van der Waals surface area contributed by atoms with Gasteiger partial charge in [0.15, 0.2) is 0 Å². The lowest BCUT2D eigenvalue weighted by Gasteiger charge is -2.16. The summed E-state index contributed by atoms with van der Waals surface area (Å²) in [5.74, 6) is 1.00. The predicted molar refractivity (Wildman–Crippen MR) is 59.6 cm³/mol. The normalized spacial score (nSPS) is 16.5. The smallest absolute Gasteiger partial charge is 0.0590 e. The molecule has 1 N–H and O–H groups in total. The summed E-state index contributed by atoms with van der Waals surface area (Å²) in [5, 5.41) is 3.38. The third-order valence-electron chi connectivity index (χ3n) is 2.56.